The minimum absolute atomic E-state index is 0.113. The molecule has 1 atom stereocenters. The van der Waals surface area contributed by atoms with Crippen molar-refractivity contribution >= 4 is 5.91 Å². The fraction of sp³-hybridized carbons (Fsp3) is 0.923. The molecule has 18 heavy (non-hydrogen) atoms. The standard InChI is InChI=1S/C13H28N2O3/c1-6-15(5)13(16)11(4)14-10-9-12(17-7-2)18-8-3/h11-12,14H,6-10H2,1-5H3. The Morgan fingerprint density at radius 2 is 1.78 bits per heavy atom. The molecule has 0 heterocycles. The van der Waals surface area contributed by atoms with Crippen LogP contribution in [-0.2, 0) is 14.3 Å². The van der Waals surface area contributed by atoms with Crippen LogP contribution in [0.3, 0.4) is 0 Å². The highest BCUT2D eigenvalue weighted by atomic mass is 16.7. The molecule has 0 aliphatic carbocycles. The highest BCUT2D eigenvalue weighted by Gasteiger charge is 2.16. The molecule has 0 aliphatic rings. The Morgan fingerprint density at radius 3 is 2.22 bits per heavy atom. The normalized spacial score (nSPS) is 12.8. The van der Waals surface area contributed by atoms with Crippen LogP contribution in [0.4, 0.5) is 0 Å². The van der Waals surface area contributed by atoms with E-state index in [1.54, 1.807) is 4.90 Å². The quantitative estimate of drug-likeness (QED) is 0.600. The summed E-state index contributed by atoms with van der Waals surface area (Å²) in [6, 6.07) is -0.168. The van der Waals surface area contributed by atoms with Crippen LogP contribution < -0.4 is 5.32 Å². The summed E-state index contributed by atoms with van der Waals surface area (Å²) in [6.45, 7) is 10.4. The maximum Gasteiger partial charge on any atom is 0.239 e. The molecular formula is C13H28N2O3. The molecule has 0 saturated heterocycles. The lowest BCUT2D eigenvalue weighted by atomic mass is 10.2. The minimum Gasteiger partial charge on any atom is -0.353 e. The van der Waals surface area contributed by atoms with E-state index in [1.807, 2.05) is 34.7 Å². The first-order valence-corrected chi connectivity index (χ1v) is 6.78. The van der Waals surface area contributed by atoms with Gasteiger partial charge >= 0.3 is 0 Å². The predicted octanol–water partition coefficient (Wildman–Crippen LogP) is 1.23. The summed E-state index contributed by atoms with van der Waals surface area (Å²) in [7, 11) is 1.81. The summed E-state index contributed by atoms with van der Waals surface area (Å²) in [5, 5.41) is 3.19. The summed E-state index contributed by atoms with van der Waals surface area (Å²) in [4.78, 5) is 13.5. The lowest BCUT2D eigenvalue weighted by Crippen LogP contribution is -2.44. The van der Waals surface area contributed by atoms with Gasteiger partial charge in [-0.15, -0.1) is 0 Å². The Hall–Kier alpha value is -0.650. The zero-order valence-electron chi connectivity index (χ0n) is 12.4. The first-order valence-electron chi connectivity index (χ1n) is 6.78. The van der Waals surface area contributed by atoms with E-state index in [-0.39, 0.29) is 18.2 Å². The highest BCUT2D eigenvalue weighted by Crippen LogP contribution is 2.00. The van der Waals surface area contributed by atoms with Gasteiger partial charge in [-0.1, -0.05) is 0 Å². The summed E-state index contributed by atoms with van der Waals surface area (Å²) in [6.07, 6.45) is 0.563. The van der Waals surface area contributed by atoms with Gasteiger partial charge in [0.05, 0.1) is 6.04 Å². The van der Waals surface area contributed by atoms with Crippen LogP contribution >= 0.6 is 0 Å². The van der Waals surface area contributed by atoms with Crippen LogP contribution in [0.25, 0.3) is 0 Å². The van der Waals surface area contributed by atoms with Crippen LogP contribution in [-0.4, -0.2) is 56.5 Å². The Kier molecular flexibility index (Phi) is 9.92. The molecule has 0 rings (SSSR count). The molecule has 0 aromatic carbocycles. The number of nitrogens with zero attached hydrogens (tertiary/aromatic N) is 1. The average molecular weight is 260 g/mol. The topological polar surface area (TPSA) is 50.8 Å². The van der Waals surface area contributed by atoms with Crippen LogP contribution in [0, 0.1) is 0 Å². The second kappa shape index (κ2) is 10.3. The number of carbonyl (C=O) groups is 1. The van der Waals surface area contributed by atoms with Gasteiger partial charge in [-0.2, -0.15) is 0 Å². The molecule has 108 valence electrons. The van der Waals surface area contributed by atoms with E-state index in [0.29, 0.717) is 19.8 Å². The molecule has 5 nitrogen and oxygen atoms in total. The van der Waals surface area contributed by atoms with Crippen LogP contribution in [0.15, 0.2) is 0 Å². The van der Waals surface area contributed by atoms with E-state index in [0.717, 1.165) is 13.0 Å². The fourth-order valence-corrected chi connectivity index (χ4v) is 1.58. The lowest BCUT2D eigenvalue weighted by Gasteiger charge is -2.22. The molecule has 5 heteroatoms. The van der Waals surface area contributed by atoms with Crippen molar-refractivity contribution in [2.45, 2.75) is 46.4 Å². The molecule has 1 N–H and O–H groups in total. The monoisotopic (exact) mass is 260 g/mol. The molecule has 1 amide bonds. The summed E-state index contributed by atoms with van der Waals surface area (Å²) >= 11 is 0. The molecule has 0 aromatic rings. The van der Waals surface area contributed by atoms with Crippen molar-refractivity contribution in [2.24, 2.45) is 0 Å². The van der Waals surface area contributed by atoms with Gasteiger partial charge in [0.2, 0.25) is 5.91 Å². The summed E-state index contributed by atoms with van der Waals surface area (Å²) < 4.78 is 10.9. The number of ether oxygens (including phenoxy) is 2. The Bertz CT molecular complexity index is 218. The third-order valence-electron chi connectivity index (χ3n) is 2.76. The number of rotatable bonds is 10. The Labute approximate surface area is 111 Å². The van der Waals surface area contributed by atoms with Crippen LogP contribution in [0.2, 0.25) is 0 Å². The zero-order valence-corrected chi connectivity index (χ0v) is 12.4. The second-order valence-corrected chi connectivity index (χ2v) is 4.16. The van der Waals surface area contributed by atoms with E-state index < -0.39 is 0 Å². The van der Waals surface area contributed by atoms with Gasteiger partial charge in [0.1, 0.15) is 0 Å². The van der Waals surface area contributed by atoms with Gasteiger partial charge in [-0.25, -0.2) is 0 Å². The molecule has 0 bridgehead atoms. The largest absolute Gasteiger partial charge is 0.353 e. The van der Waals surface area contributed by atoms with Crippen LogP contribution in [0.1, 0.15) is 34.1 Å². The molecule has 0 aliphatic heterocycles. The number of nitrogens with one attached hydrogen (secondary N) is 1. The molecular weight excluding hydrogens is 232 g/mol. The Balaban J connectivity index is 3.90. The molecule has 1 unspecified atom stereocenters. The first-order chi connectivity index (χ1) is 8.56. The van der Waals surface area contributed by atoms with E-state index in [1.165, 1.54) is 0 Å². The van der Waals surface area contributed by atoms with E-state index in [9.17, 15) is 4.79 Å². The zero-order chi connectivity index (χ0) is 14.0. The van der Waals surface area contributed by atoms with Gasteiger partial charge in [0.25, 0.3) is 0 Å². The maximum absolute atomic E-state index is 11.8. The Morgan fingerprint density at radius 1 is 1.22 bits per heavy atom. The van der Waals surface area contributed by atoms with E-state index in [2.05, 4.69) is 5.32 Å². The van der Waals surface area contributed by atoms with Crippen LogP contribution in [0.5, 0.6) is 0 Å². The third kappa shape index (κ3) is 6.93. The SMILES string of the molecule is CCOC(CCNC(C)C(=O)N(C)CC)OCC. The van der Waals surface area contributed by atoms with E-state index in [4.69, 9.17) is 9.47 Å². The van der Waals surface area contributed by atoms with Gasteiger partial charge in [-0.05, 0) is 27.7 Å². The fourth-order valence-electron chi connectivity index (χ4n) is 1.58. The third-order valence-corrected chi connectivity index (χ3v) is 2.76. The molecule has 0 saturated carbocycles. The number of hydrogen-bond donors (Lipinski definition) is 1. The number of amides is 1. The molecule has 0 radical (unpaired) electrons. The molecule has 0 aromatic heterocycles. The maximum atomic E-state index is 11.8. The van der Waals surface area contributed by atoms with Crippen molar-refractivity contribution in [1.29, 1.82) is 0 Å². The van der Waals surface area contributed by atoms with Crippen molar-refractivity contribution in [1.82, 2.24) is 10.2 Å². The molecule has 0 fully saturated rings. The van der Waals surface area contributed by atoms with Crippen molar-refractivity contribution in [3.63, 3.8) is 0 Å². The second-order valence-electron chi connectivity index (χ2n) is 4.16. The van der Waals surface area contributed by atoms with E-state index >= 15 is 0 Å². The minimum atomic E-state index is -0.182. The summed E-state index contributed by atoms with van der Waals surface area (Å²) in [5.74, 6) is 0.113. The van der Waals surface area contributed by atoms with Gasteiger partial charge in [0, 0.05) is 39.8 Å². The van der Waals surface area contributed by atoms with Gasteiger partial charge in [-0.3, -0.25) is 4.79 Å². The van der Waals surface area contributed by atoms with Gasteiger partial charge < -0.3 is 19.7 Å². The van der Waals surface area contributed by atoms with Crippen molar-refractivity contribution in [3.8, 4) is 0 Å². The lowest BCUT2D eigenvalue weighted by molar-refractivity contribution is -0.140. The smallest absolute Gasteiger partial charge is 0.239 e. The highest BCUT2D eigenvalue weighted by molar-refractivity contribution is 5.81. The number of carbonyl (C=O) groups excluding carboxylic acids is 1. The predicted molar refractivity (Wildman–Crippen MR) is 72.4 cm³/mol. The number of hydrogen-bond acceptors (Lipinski definition) is 4. The van der Waals surface area contributed by atoms with Crippen molar-refractivity contribution < 1.29 is 14.3 Å². The summed E-state index contributed by atoms with van der Waals surface area (Å²) in [5.41, 5.74) is 0. The molecule has 0 spiro atoms. The average Bonchev–Trinajstić information content (AvgIpc) is 2.37. The first kappa shape index (κ1) is 17.4. The van der Waals surface area contributed by atoms with Crippen molar-refractivity contribution in [3.05, 3.63) is 0 Å². The van der Waals surface area contributed by atoms with Gasteiger partial charge in [0.15, 0.2) is 6.29 Å². The van der Waals surface area contributed by atoms with Crippen molar-refractivity contribution in [2.75, 3.05) is 33.4 Å². The number of likely N-dealkylation sites (N-methyl/N-ethyl adjacent to an activating group) is 1.